The molecular formula is C15H28N4. The van der Waals surface area contributed by atoms with E-state index < -0.39 is 0 Å². The monoisotopic (exact) mass is 264 g/mol. The van der Waals surface area contributed by atoms with Crippen molar-refractivity contribution in [2.75, 3.05) is 14.1 Å². The second kappa shape index (κ2) is 5.63. The molecule has 1 aromatic heterocycles. The van der Waals surface area contributed by atoms with Gasteiger partial charge in [0.25, 0.3) is 0 Å². The number of rotatable bonds is 6. The van der Waals surface area contributed by atoms with Crippen molar-refractivity contribution in [1.29, 1.82) is 0 Å². The predicted molar refractivity (Wildman–Crippen MR) is 78.9 cm³/mol. The molecule has 108 valence electrons. The van der Waals surface area contributed by atoms with Crippen LogP contribution in [-0.4, -0.2) is 34.1 Å². The number of nitrogens with zero attached hydrogens (tertiary/aromatic N) is 3. The number of hydrogen-bond acceptors (Lipinski definition) is 3. The van der Waals surface area contributed by atoms with Crippen molar-refractivity contribution < 1.29 is 0 Å². The molecule has 1 fully saturated rings. The van der Waals surface area contributed by atoms with Crippen LogP contribution in [0.2, 0.25) is 0 Å². The molecule has 4 nitrogen and oxygen atoms in total. The lowest BCUT2D eigenvalue weighted by Crippen LogP contribution is -2.53. The maximum atomic E-state index is 6.32. The van der Waals surface area contributed by atoms with Crippen LogP contribution in [0.3, 0.4) is 0 Å². The van der Waals surface area contributed by atoms with E-state index in [2.05, 4.69) is 42.4 Å². The van der Waals surface area contributed by atoms with Crippen molar-refractivity contribution in [2.24, 2.45) is 11.7 Å². The molecule has 1 aliphatic rings. The minimum Gasteiger partial charge on any atom is -0.331 e. The largest absolute Gasteiger partial charge is 0.331 e. The number of likely N-dealkylation sites (N-methyl/N-ethyl adjacent to an activating group) is 1. The van der Waals surface area contributed by atoms with Crippen LogP contribution < -0.4 is 5.73 Å². The zero-order valence-corrected chi connectivity index (χ0v) is 12.8. The Kier molecular flexibility index (Phi) is 4.31. The standard InChI is InChI=1S/C15H28N4/c1-12(2)8-13(16)14-9-17-11-19(14)10-15(18(3)4)6-5-7-15/h9,11-13H,5-8,10,16H2,1-4H3. The summed E-state index contributed by atoms with van der Waals surface area (Å²) in [6.45, 7) is 5.45. The van der Waals surface area contributed by atoms with Gasteiger partial charge in [0.15, 0.2) is 0 Å². The third-order valence-electron chi connectivity index (χ3n) is 4.55. The molecule has 2 rings (SSSR count). The van der Waals surface area contributed by atoms with Gasteiger partial charge in [0.2, 0.25) is 0 Å². The van der Waals surface area contributed by atoms with Crippen LogP contribution in [0, 0.1) is 5.92 Å². The highest BCUT2D eigenvalue weighted by molar-refractivity contribution is 5.07. The summed E-state index contributed by atoms with van der Waals surface area (Å²) >= 11 is 0. The Morgan fingerprint density at radius 3 is 2.58 bits per heavy atom. The molecule has 1 unspecified atom stereocenters. The Balaban J connectivity index is 2.11. The molecule has 0 saturated heterocycles. The molecule has 19 heavy (non-hydrogen) atoms. The fourth-order valence-corrected chi connectivity index (χ4v) is 3.05. The fourth-order valence-electron chi connectivity index (χ4n) is 3.05. The summed E-state index contributed by atoms with van der Waals surface area (Å²) in [4.78, 5) is 6.69. The lowest BCUT2D eigenvalue weighted by Gasteiger charge is -2.47. The number of hydrogen-bond donors (Lipinski definition) is 1. The molecule has 0 spiro atoms. The highest BCUT2D eigenvalue weighted by Gasteiger charge is 2.39. The molecule has 0 bridgehead atoms. The molecular weight excluding hydrogens is 236 g/mol. The van der Waals surface area contributed by atoms with Gasteiger partial charge in [-0.1, -0.05) is 13.8 Å². The van der Waals surface area contributed by atoms with Crippen molar-refractivity contribution in [3.63, 3.8) is 0 Å². The molecule has 1 saturated carbocycles. The van der Waals surface area contributed by atoms with Crippen LogP contribution in [0.4, 0.5) is 0 Å². The molecule has 0 aromatic carbocycles. The van der Waals surface area contributed by atoms with Crippen LogP contribution in [0.1, 0.15) is 51.3 Å². The summed E-state index contributed by atoms with van der Waals surface area (Å²) < 4.78 is 2.27. The van der Waals surface area contributed by atoms with Crippen molar-refractivity contribution in [2.45, 2.75) is 57.7 Å². The molecule has 1 heterocycles. The van der Waals surface area contributed by atoms with Gasteiger partial charge in [0.1, 0.15) is 0 Å². The summed E-state index contributed by atoms with van der Waals surface area (Å²) in [6.07, 6.45) is 8.78. The molecule has 2 N–H and O–H groups in total. The molecule has 1 aromatic rings. The van der Waals surface area contributed by atoms with Crippen LogP contribution in [0.25, 0.3) is 0 Å². The zero-order chi connectivity index (χ0) is 14.0. The average Bonchev–Trinajstić information content (AvgIpc) is 2.69. The van der Waals surface area contributed by atoms with Crippen molar-refractivity contribution in [3.05, 3.63) is 18.2 Å². The molecule has 0 amide bonds. The molecule has 1 atom stereocenters. The van der Waals surface area contributed by atoms with E-state index in [0.29, 0.717) is 11.5 Å². The van der Waals surface area contributed by atoms with E-state index in [-0.39, 0.29) is 6.04 Å². The van der Waals surface area contributed by atoms with Crippen LogP contribution >= 0.6 is 0 Å². The highest BCUT2D eigenvalue weighted by atomic mass is 15.2. The lowest BCUT2D eigenvalue weighted by atomic mass is 9.75. The fraction of sp³-hybridized carbons (Fsp3) is 0.800. The summed E-state index contributed by atoms with van der Waals surface area (Å²) in [5.74, 6) is 0.616. The van der Waals surface area contributed by atoms with E-state index in [1.54, 1.807) is 0 Å². The SMILES string of the molecule is CC(C)CC(N)c1cncn1CC1(N(C)C)CCC1. The van der Waals surface area contributed by atoms with Crippen molar-refractivity contribution in [3.8, 4) is 0 Å². The quantitative estimate of drug-likeness (QED) is 0.858. The van der Waals surface area contributed by atoms with Crippen LogP contribution in [0.15, 0.2) is 12.5 Å². The summed E-state index contributed by atoms with van der Waals surface area (Å²) in [6, 6.07) is 0.0989. The minimum atomic E-state index is 0.0989. The van der Waals surface area contributed by atoms with Gasteiger partial charge in [0, 0.05) is 24.3 Å². The highest BCUT2D eigenvalue weighted by Crippen LogP contribution is 2.38. The smallest absolute Gasteiger partial charge is 0.0949 e. The maximum absolute atomic E-state index is 6.32. The van der Waals surface area contributed by atoms with Crippen LogP contribution in [0.5, 0.6) is 0 Å². The van der Waals surface area contributed by atoms with Gasteiger partial charge in [-0.25, -0.2) is 4.98 Å². The Hall–Kier alpha value is -0.870. The van der Waals surface area contributed by atoms with E-state index in [1.807, 2.05) is 12.5 Å². The Morgan fingerprint density at radius 1 is 1.42 bits per heavy atom. The van der Waals surface area contributed by atoms with Crippen molar-refractivity contribution >= 4 is 0 Å². The summed E-state index contributed by atoms with van der Waals surface area (Å²) in [5, 5.41) is 0. The van der Waals surface area contributed by atoms with Gasteiger partial charge in [0.05, 0.1) is 12.0 Å². The van der Waals surface area contributed by atoms with E-state index in [1.165, 1.54) is 25.0 Å². The van der Waals surface area contributed by atoms with Gasteiger partial charge >= 0.3 is 0 Å². The second-order valence-corrected chi connectivity index (χ2v) is 6.65. The van der Waals surface area contributed by atoms with E-state index >= 15 is 0 Å². The van der Waals surface area contributed by atoms with Gasteiger partial charge < -0.3 is 15.2 Å². The normalized spacial score (nSPS) is 19.7. The zero-order valence-electron chi connectivity index (χ0n) is 12.8. The van der Waals surface area contributed by atoms with E-state index in [9.17, 15) is 0 Å². The summed E-state index contributed by atoms with van der Waals surface area (Å²) in [5.41, 5.74) is 7.82. The second-order valence-electron chi connectivity index (χ2n) is 6.65. The first kappa shape index (κ1) is 14.5. The van der Waals surface area contributed by atoms with Crippen LogP contribution in [-0.2, 0) is 6.54 Å². The minimum absolute atomic E-state index is 0.0989. The van der Waals surface area contributed by atoms with E-state index in [4.69, 9.17) is 5.73 Å². The van der Waals surface area contributed by atoms with Gasteiger partial charge in [-0.2, -0.15) is 0 Å². The van der Waals surface area contributed by atoms with Gasteiger partial charge in [-0.3, -0.25) is 0 Å². The summed E-state index contributed by atoms with van der Waals surface area (Å²) in [7, 11) is 4.37. The molecule has 0 aliphatic heterocycles. The molecule has 4 heteroatoms. The first-order chi connectivity index (χ1) is 8.94. The Morgan fingerprint density at radius 2 is 2.11 bits per heavy atom. The Bertz CT molecular complexity index is 404. The average molecular weight is 264 g/mol. The van der Waals surface area contributed by atoms with Gasteiger partial charge in [-0.15, -0.1) is 0 Å². The topological polar surface area (TPSA) is 47.1 Å². The number of imidazole rings is 1. The Labute approximate surface area is 117 Å². The first-order valence-electron chi connectivity index (χ1n) is 7.38. The maximum Gasteiger partial charge on any atom is 0.0949 e. The third-order valence-corrected chi connectivity index (χ3v) is 4.55. The lowest BCUT2D eigenvalue weighted by molar-refractivity contribution is 0.0413. The third kappa shape index (κ3) is 3.00. The molecule has 0 radical (unpaired) electrons. The molecule has 1 aliphatic carbocycles. The first-order valence-corrected chi connectivity index (χ1v) is 7.38. The van der Waals surface area contributed by atoms with Gasteiger partial charge in [-0.05, 0) is 45.7 Å². The predicted octanol–water partition coefficient (Wildman–Crippen LogP) is 2.41. The number of nitrogens with two attached hydrogens (primary N) is 1. The van der Waals surface area contributed by atoms with E-state index in [0.717, 1.165) is 13.0 Å². The number of aromatic nitrogens is 2. The van der Waals surface area contributed by atoms with Crippen molar-refractivity contribution in [1.82, 2.24) is 14.5 Å².